The van der Waals surface area contributed by atoms with Crippen LogP contribution < -0.4 is 0 Å². The van der Waals surface area contributed by atoms with Crippen LogP contribution >= 0.6 is 0 Å². The molecule has 2 saturated heterocycles. The predicted octanol–water partition coefficient (Wildman–Crippen LogP) is 2.19. The van der Waals surface area contributed by atoms with Crippen molar-refractivity contribution in [1.29, 1.82) is 0 Å². The molecule has 2 amide bonds. The molecule has 6 heteroatoms. The van der Waals surface area contributed by atoms with Crippen LogP contribution in [0, 0.1) is 5.92 Å². The highest BCUT2D eigenvalue weighted by atomic mass is 16.5. The van der Waals surface area contributed by atoms with Crippen LogP contribution in [-0.2, 0) is 9.53 Å². The Morgan fingerprint density at radius 3 is 2.27 bits per heavy atom. The van der Waals surface area contributed by atoms with E-state index in [1.807, 2.05) is 9.80 Å². The fourth-order valence-corrected chi connectivity index (χ4v) is 3.33. The molecule has 0 spiro atoms. The maximum atomic E-state index is 12.7. The van der Waals surface area contributed by atoms with Crippen molar-refractivity contribution in [2.45, 2.75) is 44.9 Å². The molecule has 6 nitrogen and oxygen atoms in total. The van der Waals surface area contributed by atoms with Crippen molar-refractivity contribution in [3.8, 4) is 0 Å². The number of ether oxygens (including phenoxy) is 1. The smallest absolute Gasteiger partial charge is 0.329 e. The Bertz CT molecular complexity index is 367. The number of carbonyl (C=O) groups excluding carboxylic acids is 1. The first kappa shape index (κ1) is 17.1. The molecule has 0 bridgehead atoms. The average molecular weight is 312 g/mol. The minimum Gasteiger partial charge on any atom is -0.480 e. The van der Waals surface area contributed by atoms with Gasteiger partial charge in [-0.05, 0) is 25.7 Å². The zero-order valence-electron chi connectivity index (χ0n) is 13.3. The number of carboxylic acids is 1. The summed E-state index contributed by atoms with van der Waals surface area (Å²) in [6, 6.07) is 0.157. The summed E-state index contributed by atoms with van der Waals surface area (Å²) in [6.07, 6.45) is 7.90. The van der Waals surface area contributed by atoms with Crippen molar-refractivity contribution >= 4 is 12.0 Å². The van der Waals surface area contributed by atoms with E-state index in [1.54, 1.807) is 0 Å². The molecule has 0 radical (unpaired) electrons. The third kappa shape index (κ3) is 5.48. The number of rotatable bonds is 4. The Kier molecular flexibility index (Phi) is 6.96. The number of aliphatic carboxylic acids is 1. The maximum Gasteiger partial charge on any atom is 0.329 e. The summed E-state index contributed by atoms with van der Waals surface area (Å²) >= 11 is 0. The van der Waals surface area contributed by atoms with Crippen molar-refractivity contribution in [2.75, 3.05) is 39.4 Å². The van der Waals surface area contributed by atoms with E-state index in [0.29, 0.717) is 13.2 Å². The van der Waals surface area contributed by atoms with Gasteiger partial charge in [-0.15, -0.1) is 0 Å². The standard InChI is InChI=1S/C16H28N2O4/c19-15(20)13-22-12-14-7-6-10-18(11-14)16(21)17-8-4-2-1-3-5-9-17/h14H,1-13H2,(H,19,20). The molecule has 0 aromatic carbocycles. The van der Waals surface area contributed by atoms with Gasteiger partial charge in [-0.25, -0.2) is 9.59 Å². The topological polar surface area (TPSA) is 70.1 Å². The summed E-state index contributed by atoms with van der Waals surface area (Å²) in [7, 11) is 0. The largest absolute Gasteiger partial charge is 0.480 e. The molecule has 0 aromatic rings. The molecule has 22 heavy (non-hydrogen) atoms. The van der Waals surface area contributed by atoms with Crippen molar-refractivity contribution in [3.63, 3.8) is 0 Å². The van der Waals surface area contributed by atoms with Crippen LogP contribution in [0.5, 0.6) is 0 Å². The van der Waals surface area contributed by atoms with E-state index in [9.17, 15) is 9.59 Å². The lowest BCUT2D eigenvalue weighted by Gasteiger charge is -2.37. The fourth-order valence-electron chi connectivity index (χ4n) is 3.33. The first-order valence-corrected chi connectivity index (χ1v) is 8.50. The number of carbonyl (C=O) groups is 2. The zero-order chi connectivity index (χ0) is 15.8. The number of urea groups is 1. The number of nitrogens with zero attached hydrogens (tertiary/aromatic N) is 2. The summed E-state index contributed by atoms with van der Waals surface area (Å²) in [6.45, 7) is 3.41. The Morgan fingerprint density at radius 2 is 1.59 bits per heavy atom. The molecule has 0 saturated carbocycles. The van der Waals surface area contributed by atoms with Crippen molar-refractivity contribution in [1.82, 2.24) is 9.80 Å². The number of likely N-dealkylation sites (tertiary alicyclic amines) is 2. The van der Waals surface area contributed by atoms with Crippen molar-refractivity contribution < 1.29 is 19.4 Å². The Balaban J connectivity index is 1.79. The van der Waals surface area contributed by atoms with Crippen LogP contribution in [0.2, 0.25) is 0 Å². The molecule has 2 aliphatic rings. The van der Waals surface area contributed by atoms with Gasteiger partial charge in [0.25, 0.3) is 0 Å². The molecule has 0 aliphatic carbocycles. The fraction of sp³-hybridized carbons (Fsp3) is 0.875. The zero-order valence-corrected chi connectivity index (χ0v) is 13.3. The van der Waals surface area contributed by atoms with Gasteiger partial charge in [0, 0.05) is 32.1 Å². The van der Waals surface area contributed by atoms with Crippen molar-refractivity contribution in [2.24, 2.45) is 5.92 Å². The van der Waals surface area contributed by atoms with Gasteiger partial charge in [0.1, 0.15) is 6.61 Å². The first-order chi connectivity index (χ1) is 10.7. The summed E-state index contributed by atoms with van der Waals surface area (Å²) in [5.41, 5.74) is 0. The molecule has 2 heterocycles. The summed E-state index contributed by atoms with van der Waals surface area (Å²) in [4.78, 5) is 27.1. The van der Waals surface area contributed by atoms with Gasteiger partial charge < -0.3 is 19.6 Å². The average Bonchev–Trinajstić information content (AvgIpc) is 2.46. The molecule has 1 unspecified atom stereocenters. The molecule has 2 aliphatic heterocycles. The highest BCUT2D eigenvalue weighted by Crippen LogP contribution is 2.19. The molecular formula is C16H28N2O4. The lowest BCUT2D eigenvalue weighted by atomic mass is 9.99. The summed E-state index contributed by atoms with van der Waals surface area (Å²) in [5.74, 6) is -0.684. The van der Waals surface area contributed by atoms with Crippen molar-refractivity contribution in [3.05, 3.63) is 0 Å². The minimum atomic E-state index is -0.940. The molecule has 1 N–H and O–H groups in total. The van der Waals surface area contributed by atoms with E-state index < -0.39 is 5.97 Å². The van der Waals surface area contributed by atoms with E-state index in [1.165, 1.54) is 19.3 Å². The van der Waals surface area contributed by atoms with Gasteiger partial charge in [-0.2, -0.15) is 0 Å². The second-order valence-electron chi connectivity index (χ2n) is 6.40. The van der Waals surface area contributed by atoms with Gasteiger partial charge in [-0.3, -0.25) is 0 Å². The van der Waals surface area contributed by atoms with Crippen LogP contribution in [0.25, 0.3) is 0 Å². The highest BCUT2D eigenvalue weighted by Gasteiger charge is 2.27. The van der Waals surface area contributed by atoms with Gasteiger partial charge in [0.2, 0.25) is 0 Å². The maximum absolute atomic E-state index is 12.7. The minimum absolute atomic E-state index is 0.157. The van der Waals surface area contributed by atoms with E-state index >= 15 is 0 Å². The second-order valence-corrected chi connectivity index (χ2v) is 6.40. The number of hydrogen-bond donors (Lipinski definition) is 1. The van der Waals surface area contributed by atoms with Crippen LogP contribution in [0.1, 0.15) is 44.9 Å². The number of amides is 2. The molecule has 1 atom stereocenters. The summed E-state index contributed by atoms with van der Waals surface area (Å²) < 4.78 is 5.19. The van der Waals surface area contributed by atoms with E-state index in [0.717, 1.165) is 45.3 Å². The Hall–Kier alpha value is -1.30. The monoisotopic (exact) mass is 312 g/mol. The van der Waals surface area contributed by atoms with Crippen LogP contribution in [0.4, 0.5) is 4.79 Å². The SMILES string of the molecule is O=C(O)COCC1CCCN(C(=O)N2CCCCCCC2)C1. The Morgan fingerprint density at radius 1 is 0.955 bits per heavy atom. The molecule has 2 fully saturated rings. The number of piperidine rings is 1. The van der Waals surface area contributed by atoms with E-state index in [-0.39, 0.29) is 18.6 Å². The van der Waals surface area contributed by atoms with Gasteiger partial charge in [0.05, 0.1) is 6.61 Å². The second kappa shape index (κ2) is 8.98. The van der Waals surface area contributed by atoms with E-state index in [4.69, 9.17) is 9.84 Å². The molecular weight excluding hydrogens is 284 g/mol. The van der Waals surface area contributed by atoms with Gasteiger partial charge >= 0.3 is 12.0 Å². The van der Waals surface area contributed by atoms with E-state index in [2.05, 4.69) is 0 Å². The van der Waals surface area contributed by atoms with Crippen LogP contribution in [-0.4, -0.2) is 66.3 Å². The lowest BCUT2D eigenvalue weighted by molar-refractivity contribution is -0.142. The number of carboxylic acid groups (broad SMARTS) is 1. The molecule has 126 valence electrons. The molecule has 2 rings (SSSR count). The Labute approximate surface area is 132 Å². The summed E-state index contributed by atoms with van der Waals surface area (Å²) in [5, 5.41) is 8.61. The highest BCUT2D eigenvalue weighted by molar-refractivity contribution is 5.74. The lowest BCUT2D eigenvalue weighted by Crippen LogP contribution is -2.49. The van der Waals surface area contributed by atoms with Crippen LogP contribution in [0.15, 0.2) is 0 Å². The van der Waals surface area contributed by atoms with Gasteiger partial charge in [-0.1, -0.05) is 19.3 Å². The predicted molar refractivity (Wildman–Crippen MR) is 82.8 cm³/mol. The first-order valence-electron chi connectivity index (χ1n) is 8.50. The number of hydrogen-bond acceptors (Lipinski definition) is 3. The normalized spacial score (nSPS) is 23.7. The third-order valence-electron chi connectivity index (χ3n) is 4.50. The quantitative estimate of drug-likeness (QED) is 0.864. The third-order valence-corrected chi connectivity index (χ3v) is 4.50. The van der Waals surface area contributed by atoms with Gasteiger partial charge in [0.15, 0.2) is 0 Å². The molecule has 0 aromatic heterocycles. The van der Waals surface area contributed by atoms with Crippen LogP contribution in [0.3, 0.4) is 0 Å².